The van der Waals surface area contributed by atoms with E-state index >= 15 is 0 Å². The lowest BCUT2D eigenvalue weighted by Crippen LogP contribution is -2.43. The topological polar surface area (TPSA) is 99.2 Å². The molecule has 3 atom stereocenters. The molecule has 1 aliphatic heterocycles. The molecular formula is C33H34ClNO7. The van der Waals surface area contributed by atoms with Gasteiger partial charge in [0.15, 0.2) is 0 Å². The number of aryl methyl sites for hydroxylation is 1. The summed E-state index contributed by atoms with van der Waals surface area (Å²) < 4.78 is 15.2. The van der Waals surface area contributed by atoms with Crippen molar-refractivity contribution in [1.29, 1.82) is 0 Å². The number of carbonyl (C=O) groups excluding carboxylic acids is 4. The molecule has 1 saturated heterocycles. The fraction of sp³-hybridized carbons (Fsp3) is 0.333. The fourth-order valence-electron chi connectivity index (χ4n) is 5.09. The van der Waals surface area contributed by atoms with Gasteiger partial charge in [0.1, 0.15) is 6.04 Å². The van der Waals surface area contributed by atoms with Crippen molar-refractivity contribution in [3.05, 3.63) is 94.5 Å². The Morgan fingerprint density at radius 3 is 2.17 bits per heavy atom. The van der Waals surface area contributed by atoms with Crippen molar-refractivity contribution < 1.29 is 33.4 Å². The van der Waals surface area contributed by atoms with Crippen LogP contribution >= 0.6 is 11.6 Å². The Labute approximate surface area is 250 Å². The molecule has 0 unspecified atom stereocenters. The summed E-state index contributed by atoms with van der Waals surface area (Å²) >= 11 is 6.56. The second-order valence-corrected chi connectivity index (χ2v) is 11.9. The van der Waals surface area contributed by atoms with Gasteiger partial charge >= 0.3 is 18.1 Å². The average molecular weight is 592 g/mol. The fourth-order valence-corrected chi connectivity index (χ4v) is 5.34. The lowest BCUT2D eigenvalue weighted by Gasteiger charge is -2.31. The quantitative estimate of drug-likeness (QED) is 0.230. The minimum Gasteiger partial charge on any atom is -0.467 e. The zero-order chi connectivity index (χ0) is 30.6. The first-order valence-corrected chi connectivity index (χ1v) is 14.0. The van der Waals surface area contributed by atoms with E-state index in [1.807, 2.05) is 64.1 Å². The molecule has 0 aliphatic carbocycles. The monoisotopic (exact) mass is 591 g/mol. The molecule has 220 valence electrons. The van der Waals surface area contributed by atoms with Gasteiger partial charge in [-0.3, -0.25) is 9.59 Å². The Kier molecular flexibility index (Phi) is 9.36. The number of carbonyl (C=O) groups is 4. The van der Waals surface area contributed by atoms with Gasteiger partial charge in [-0.2, -0.15) is 0 Å². The molecule has 0 N–H and O–H groups in total. The van der Waals surface area contributed by atoms with Crippen molar-refractivity contribution in [2.45, 2.75) is 46.2 Å². The Hall–Kier alpha value is -4.17. The molecule has 0 saturated carbocycles. The molecule has 3 aromatic rings. The zero-order valence-electron chi connectivity index (χ0n) is 24.3. The highest BCUT2D eigenvalue weighted by atomic mass is 35.5. The summed E-state index contributed by atoms with van der Waals surface area (Å²) in [5.41, 5.74) is 3.43. The third-order valence-electron chi connectivity index (χ3n) is 7.12. The maximum Gasteiger partial charge on any atom is 0.516 e. The number of halogens is 1. The first-order valence-electron chi connectivity index (χ1n) is 13.6. The number of amides is 1. The molecule has 0 spiro atoms. The zero-order valence-corrected chi connectivity index (χ0v) is 25.0. The third kappa shape index (κ3) is 6.82. The average Bonchev–Trinajstić information content (AvgIpc) is 3.36. The predicted molar refractivity (Wildman–Crippen MR) is 158 cm³/mol. The van der Waals surface area contributed by atoms with Crippen molar-refractivity contribution in [2.24, 2.45) is 11.3 Å². The molecule has 0 radical (unpaired) electrons. The molecule has 0 aromatic heterocycles. The molecule has 3 aromatic carbocycles. The first-order chi connectivity index (χ1) is 19.9. The molecule has 1 aliphatic rings. The maximum absolute atomic E-state index is 14.1. The van der Waals surface area contributed by atoms with Crippen LogP contribution in [0.15, 0.2) is 72.8 Å². The SMILES string of the molecule is COC(=O)[C@@H]1C[C@H](C(=O)OC(=O)OCC(C)(C)C)[C@H](c2ccccc2Cl)N1C(=O)c1ccc(-c2ccccc2C)cc1. The first kappa shape index (κ1) is 30.8. The lowest BCUT2D eigenvalue weighted by atomic mass is 9.92. The smallest absolute Gasteiger partial charge is 0.467 e. The molecule has 9 heteroatoms. The van der Waals surface area contributed by atoms with E-state index in [1.165, 1.54) is 12.0 Å². The van der Waals surface area contributed by atoms with Gasteiger partial charge in [-0.1, -0.05) is 87.0 Å². The largest absolute Gasteiger partial charge is 0.516 e. The van der Waals surface area contributed by atoms with Gasteiger partial charge in [0.2, 0.25) is 0 Å². The summed E-state index contributed by atoms with van der Waals surface area (Å²) in [5.74, 6) is -3.25. The normalized spacial score (nSPS) is 18.3. The summed E-state index contributed by atoms with van der Waals surface area (Å²) in [6.45, 7) is 7.64. The number of benzene rings is 3. The summed E-state index contributed by atoms with van der Waals surface area (Å²) in [4.78, 5) is 54.2. The van der Waals surface area contributed by atoms with Crippen LogP contribution in [0.2, 0.25) is 5.02 Å². The van der Waals surface area contributed by atoms with Crippen molar-refractivity contribution in [2.75, 3.05) is 13.7 Å². The lowest BCUT2D eigenvalue weighted by molar-refractivity contribution is -0.145. The number of methoxy groups -OCH3 is 1. The highest BCUT2D eigenvalue weighted by Crippen LogP contribution is 2.45. The van der Waals surface area contributed by atoms with Crippen LogP contribution in [0.3, 0.4) is 0 Å². The van der Waals surface area contributed by atoms with E-state index in [-0.39, 0.29) is 23.5 Å². The van der Waals surface area contributed by atoms with Crippen LogP contribution in [0.4, 0.5) is 4.79 Å². The van der Waals surface area contributed by atoms with Crippen LogP contribution < -0.4 is 0 Å². The summed E-state index contributed by atoms with van der Waals surface area (Å²) in [7, 11) is 1.21. The Balaban J connectivity index is 1.71. The summed E-state index contributed by atoms with van der Waals surface area (Å²) in [5, 5.41) is 0.286. The highest BCUT2D eigenvalue weighted by molar-refractivity contribution is 6.31. The predicted octanol–water partition coefficient (Wildman–Crippen LogP) is 6.79. The van der Waals surface area contributed by atoms with Crippen molar-refractivity contribution >= 4 is 35.6 Å². The standard InChI is InChI=1S/C33H34ClNO7/c1-20-10-6-7-11-23(20)21-14-16-22(17-15-21)29(36)35-27(31(38)40-5)18-25(28(35)24-12-8-9-13-26(24)34)30(37)42-32(39)41-19-33(2,3)4/h6-17,25,27-28H,18-19H2,1-5H3/t25-,27-,28-/m0/s1. The van der Waals surface area contributed by atoms with E-state index < -0.39 is 42.0 Å². The van der Waals surface area contributed by atoms with Crippen LogP contribution in [0.5, 0.6) is 0 Å². The Bertz CT molecular complexity index is 1480. The third-order valence-corrected chi connectivity index (χ3v) is 7.47. The van der Waals surface area contributed by atoms with Gasteiger partial charge in [-0.15, -0.1) is 0 Å². The van der Waals surface area contributed by atoms with E-state index in [2.05, 4.69) is 0 Å². The number of ether oxygens (including phenoxy) is 3. The minimum atomic E-state index is -1.15. The molecule has 42 heavy (non-hydrogen) atoms. The molecule has 8 nitrogen and oxygen atoms in total. The van der Waals surface area contributed by atoms with Crippen LogP contribution in [0, 0.1) is 18.3 Å². The molecule has 0 bridgehead atoms. The second kappa shape index (κ2) is 12.8. The molecule has 4 rings (SSSR count). The van der Waals surface area contributed by atoms with Gasteiger partial charge in [0.05, 0.1) is 25.7 Å². The van der Waals surface area contributed by atoms with E-state index in [4.69, 9.17) is 25.8 Å². The Morgan fingerprint density at radius 2 is 1.55 bits per heavy atom. The molecule has 1 fully saturated rings. The summed E-state index contributed by atoms with van der Waals surface area (Å²) in [6, 6.07) is 19.5. The van der Waals surface area contributed by atoms with Crippen LogP contribution in [0.1, 0.15) is 54.7 Å². The van der Waals surface area contributed by atoms with Crippen LogP contribution in [0.25, 0.3) is 11.1 Å². The van der Waals surface area contributed by atoms with E-state index in [0.717, 1.165) is 16.7 Å². The van der Waals surface area contributed by atoms with Crippen molar-refractivity contribution in [3.63, 3.8) is 0 Å². The van der Waals surface area contributed by atoms with E-state index in [0.29, 0.717) is 11.1 Å². The number of esters is 2. The van der Waals surface area contributed by atoms with Gasteiger partial charge in [0, 0.05) is 10.6 Å². The number of hydrogen-bond donors (Lipinski definition) is 0. The Morgan fingerprint density at radius 1 is 0.905 bits per heavy atom. The van der Waals surface area contributed by atoms with Crippen molar-refractivity contribution in [1.82, 2.24) is 4.90 Å². The number of likely N-dealkylation sites (tertiary alicyclic amines) is 1. The molecule has 1 amide bonds. The molecular weight excluding hydrogens is 558 g/mol. The second-order valence-electron chi connectivity index (χ2n) is 11.5. The summed E-state index contributed by atoms with van der Waals surface area (Å²) in [6.07, 6.45) is -1.29. The highest BCUT2D eigenvalue weighted by Gasteiger charge is 2.52. The van der Waals surface area contributed by atoms with Gasteiger partial charge < -0.3 is 19.1 Å². The van der Waals surface area contributed by atoms with E-state index in [1.54, 1.807) is 36.4 Å². The van der Waals surface area contributed by atoms with Crippen LogP contribution in [-0.2, 0) is 23.8 Å². The number of hydrogen-bond acceptors (Lipinski definition) is 7. The van der Waals surface area contributed by atoms with Gasteiger partial charge in [-0.05, 0) is 59.2 Å². The maximum atomic E-state index is 14.1. The number of rotatable bonds is 6. The number of nitrogens with zero attached hydrogens (tertiary/aromatic N) is 1. The van der Waals surface area contributed by atoms with E-state index in [9.17, 15) is 19.2 Å². The molecule has 1 heterocycles. The van der Waals surface area contributed by atoms with Gasteiger partial charge in [0.25, 0.3) is 5.91 Å². The van der Waals surface area contributed by atoms with Crippen molar-refractivity contribution in [3.8, 4) is 11.1 Å². The van der Waals surface area contributed by atoms with Crippen LogP contribution in [-0.4, -0.2) is 48.7 Å². The van der Waals surface area contributed by atoms with Gasteiger partial charge in [-0.25, -0.2) is 9.59 Å². The minimum absolute atomic E-state index is 0.0334.